The molecule has 100 valence electrons. The highest BCUT2D eigenvalue weighted by Gasteiger charge is 2.22. The number of anilines is 1. The Morgan fingerprint density at radius 3 is 2.95 bits per heavy atom. The third kappa shape index (κ3) is 2.59. The van der Waals surface area contributed by atoms with Crippen LogP contribution >= 0.6 is 0 Å². The minimum atomic E-state index is -0.422. The number of piperidine rings is 1. The first-order chi connectivity index (χ1) is 9.24. The minimum absolute atomic E-state index is 0.416. The second-order valence-corrected chi connectivity index (χ2v) is 5.17. The summed E-state index contributed by atoms with van der Waals surface area (Å²) >= 11 is 0. The van der Waals surface area contributed by atoms with Crippen molar-refractivity contribution in [1.29, 1.82) is 0 Å². The van der Waals surface area contributed by atoms with E-state index in [1.165, 1.54) is 11.1 Å². The van der Waals surface area contributed by atoms with Gasteiger partial charge in [0.2, 0.25) is 0 Å². The van der Waals surface area contributed by atoms with Gasteiger partial charge in [0.05, 0.1) is 0 Å². The third-order valence-corrected chi connectivity index (χ3v) is 3.75. The number of nitrogens with one attached hydrogen (secondary N) is 2. The molecule has 0 atom stereocenters. The average Bonchev–Trinajstić information content (AvgIpc) is 2.87. The standard InChI is InChI=1S/C13H19BN4O/c1-14(19)17-10-4-8-18(9-5-10)12-3-7-16-13-11(12)2-6-15-13/h2-3,6-7,10,17,19H,4-5,8-9H2,1H3,(H,15,16). The predicted octanol–water partition coefficient (Wildman–Crippen LogP) is 1.23. The molecule has 3 N–H and O–H groups in total. The zero-order chi connectivity index (χ0) is 13.2. The van der Waals surface area contributed by atoms with Crippen LogP contribution in [0.25, 0.3) is 11.0 Å². The van der Waals surface area contributed by atoms with Crippen LogP contribution in [-0.4, -0.2) is 41.2 Å². The van der Waals surface area contributed by atoms with E-state index in [1.54, 1.807) is 6.82 Å². The van der Waals surface area contributed by atoms with Crippen molar-refractivity contribution in [2.45, 2.75) is 25.7 Å². The maximum absolute atomic E-state index is 9.36. The molecule has 1 aliphatic heterocycles. The van der Waals surface area contributed by atoms with Crippen molar-refractivity contribution >= 4 is 23.8 Å². The van der Waals surface area contributed by atoms with E-state index in [2.05, 4.69) is 32.2 Å². The van der Waals surface area contributed by atoms with Gasteiger partial charge in [-0.3, -0.25) is 0 Å². The summed E-state index contributed by atoms with van der Waals surface area (Å²) in [5.74, 6) is 0. The summed E-state index contributed by atoms with van der Waals surface area (Å²) in [6.45, 7) is 3.79. The second-order valence-electron chi connectivity index (χ2n) is 5.17. The van der Waals surface area contributed by atoms with Gasteiger partial charge in [-0.2, -0.15) is 0 Å². The van der Waals surface area contributed by atoms with Gasteiger partial charge in [-0.15, -0.1) is 0 Å². The van der Waals surface area contributed by atoms with Crippen molar-refractivity contribution in [3.63, 3.8) is 0 Å². The molecule has 0 spiro atoms. The zero-order valence-corrected chi connectivity index (χ0v) is 11.1. The molecule has 3 heterocycles. The van der Waals surface area contributed by atoms with E-state index >= 15 is 0 Å². The van der Waals surface area contributed by atoms with Crippen molar-refractivity contribution in [2.75, 3.05) is 18.0 Å². The van der Waals surface area contributed by atoms with Gasteiger partial charge in [-0.1, -0.05) is 0 Å². The lowest BCUT2D eigenvalue weighted by molar-refractivity contribution is 0.441. The number of fused-ring (bicyclic) bond motifs is 1. The van der Waals surface area contributed by atoms with Gasteiger partial charge >= 0.3 is 7.05 Å². The van der Waals surface area contributed by atoms with Crippen LogP contribution in [0.15, 0.2) is 24.5 Å². The number of hydrogen-bond donors (Lipinski definition) is 3. The van der Waals surface area contributed by atoms with Gasteiger partial charge in [0, 0.05) is 42.6 Å². The Hall–Kier alpha value is -1.53. The topological polar surface area (TPSA) is 64.2 Å². The first kappa shape index (κ1) is 12.5. The Morgan fingerprint density at radius 2 is 2.21 bits per heavy atom. The van der Waals surface area contributed by atoms with Crippen LogP contribution in [0.2, 0.25) is 6.82 Å². The maximum Gasteiger partial charge on any atom is 0.373 e. The molecule has 1 fully saturated rings. The molecule has 0 aliphatic carbocycles. The molecule has 0 bridgehead atoms. The quantitative estimate of drug-likeness (QED) is 0.724. The lowest BCUT2D eigenvalue weighted by Gasteiger charge is -2.34. The van der Waals surface area contributed by atoms with Crippen LogP contribution in [0.1, 0.15) is 12.8 Å². The summed E-state index contributed by atoms with van der Waals surface area (Å²) in [4.78, 5) is 9.87. The van der Waals surface area contributed by atoms with E-state index in [9.17, 15) is 5.02 Å². The van der Waals surface area contributed by atoms with Gasteiger partial charge in [0.1, 0.15) is 5.65 Å². The lowest BCUT2D eigenvalue weighted by Crippen LogP contribution is -2.47. The number of aromatic amines is 1. The highest BCUT2D eigenvalue weighted by Crippen LogP contribution is 2.27. The molecule has 0 unspecified atom stereocenters. The van der Waals surface area contributed by atoms with Crippen LogP contribution in [0, 0.1) is 0 Å². The number of pyridine rings is 1. The SMILES string of the molecule is CB(O)NC1CCN(c2ccnc3[nH]ccc23)CC1. The van der Waals surface area contributed by atoms with Crippen molar-refractivity contribution in [3.05, 3.63) is 24.5 Å². The number of H-pyrrole nitrogens is 1. The van der Waals surface area contributed by atoms with E-state index in [0.29, 0.717) is 6.04 Å². The number of aromatic nitrogens is 2. The van der Waals surface area contributed by atoms with Crippen molar-refractivity contribution in [1.82, 2.24) is 15.2 Å². The molecule has 1 aliphatic rings. The third-order valence-electron chi connectivity index (χ3n) is 3.75. The Bertz CT molecular complexity index is 548. The van der Waals surface area contributed by atoms with Crippen LogP contribution in [0.3, 0.4) is 0 Å². The Balaban J connectivity index is 1.73. The fourth-order valence-electron chi connectivity index (χ4n) is 2.85. The van der Waals surface area contributed by atoms with E-state index in [0.717, 1.165) is 31.6 Å². The second kappa shape index (κ2) is 5.23. The van der Waals surface area contributed by atoms with Crippen LogP contribution in [-0.2, 0) is 0 Å². The smallest absolute Gasteiger partial charge is 0.373 e. The van der Waals surface area contributed by atoms with Gasteiger partial charge in [0.25, 0.3) is 0 Å². The maximum atomic E-state index is 9.36. The molecule has 19 heavy (non-hydrogen) atoms. The molecule has 0 aromatic carbocycles. The first-order valence-electron chi connectivity index (χ1n) is 6.85. The summed E-state index contributed by atoms with van der Waals surface area (Å²) in [5.41, 5.74) is 2.20. The normalized spacial score (nSPS) is 17.1. The van der Waals surface area contributed by atoms with Gasteiger partial charge < -0.3 is 20.1 Å². The lowest BCUT2D eigenvalue weighted by atomic mass is 9.85. The van der Waals surface area contributed by atoms with E-state index in [4.69, 9.17) is 0 Å². The van der Waals surface area contributed by atoms with Crippen molar-refractivity contribution in [3.8, 4) is 0 Å². The molecule has 5 nitrogen and oxygen atoms in total. The first-order valence-corrected chi connectivity index (χ1v) is 6.85. The summed E-state index contributed by atoms with van der Waals surface area (Å²) in [6.07, 6.45) is 5.90. The molecular formula is C13H19BN4O. The molecule has 1 saturated heterocycles. The van der Waals surface area contributed by atoms with E-state index < -0.39 is 7.05 Å². The molecule has 2 aromatic rings. The van der Waals surface area contributed by atoms with E-state index in [1.807, 2.05) is 12.4 Å². The monoisotopic (exact) mass is 258 g/mol. The van der Waals surface area contributed by atoms with Gasteiger partial charge in [0.15, 0.2) is 0 Å². The summed E-state index contributed by atoms with van der Waals surface area (Å²) < 4.78 is 0. The van der Waals surface area contributed by atoms with Crippen LogP contribution in [0.5, 0.6) is 0 Å². The number of hydrogen-bond acceptors (Lipinski definition) is 4. The highest BCUT2D eigenvalue weighted by molar-refractivity contribution is 6.45. The van der Waals surface area contributed by atoms with Gasteiger partial charge in [-0.05, 0) is 31.8 Å². The predicted molar refractivity (Wildman–Crippen MR) is 78.3 cm³/mol. The summed E-state index contributed by atoms with van der Waals surface area (Å²) in [7, 11) is -0.422. The number of nitrogens with zero attached hydrogens (tertiary/aromatic N) is 2. The average molecular weight is 258 g/mol. The zero-order valence-electron chi connectivity index (χ0n) is 11.1. The largest absolute Gasteiger partial charge is 0.437 e. The molecule has 6 heteroatoms. The summed E-state index contributed by atoms with van der Waals surface area (Å²) in [6, 6.07) is 4.58. The van der Waals surface area contributed by atoms with Crippen LogP contribution < -0.4 is 10.1 Å². The fourth-order valence-corrected chi connectivity index (χ4v) is 2.85. The molecule has 2 aromatic heterocycles. The molecule has 0 radical (unpaired) electrons. The Morgan fingerprint density at radius 1 is 1.42 bits per heavy atom. The van der Waals surface area contributed by atoms with Gasteiger partial charge in [-0.25, -0.2) is 4.98 Å². The number of rotatable bonds is 3. The van der Waals surface area contributed by atoms with Crippen LogP contribution in [0.4, 0.5) is 5.69 Å². The highest BCUT2D eigenvalue weighted by atomic mass is 16.2. The van der Waals surface area contributed by atoms with Crippen molar-refractivity contribution < 1.29 is 5.02 Å². The van der Waals surface area contributed by atoms with Crippen molar-refractivity contribution in [2.24, 2.45) is 0 Å². The fraction of sp³-hybridized carbons (Fsp3) is 0.462. The Labute approximate surface area is 113 Å². The minimum Gasteiger partial charge on any atom is -0.437 e. The molecule has 0 saturated carbocycles. The summed E-state index contributed by atoms with van der Waals surface area (Å²) in [5, 5.41) is 13.7. The van der Waals surface area contributed by atoms with E-state index in [-0.39, 0.29) is 0 Å². The molecular weight excluding hydrogens is 239 g/mol. The Kier molecular flexibility index (Phi) is 3.44. The molecule has 0 amide bonds. The molecule has 3 rings (SSSR count).